The second-order valence-electron chi connectivity index (χ2n) is 18.1. The van der Waals surface area contributed by atoms with Gasteiger partial charge in [0.1, 0.15) is 12.1 Å². The molecule has 0 aromatic rings. The fourth-order valence-electron chi connectivity index (χ4n) is 4.55. The van der Waals surface area contributed by atoms with Crippen LogP contribution in [0.3, 0.4) is 0 Å². The van der Waals surface area contributed by atoms with Crippen LogP contribution in [0.15, 0.2) is 0 Å². The zero-order chi connectivity index (χ0) is 33.8. The van der Waals surface area contributed by atoms with Crippen LogP contribution in [0.2, 0.25) is 54.4 Å². The second kappa shape index (κ2) is 15.0. The maximum atomic E-state index is 14.7. The van der Waals surface area contributed by atoms with Crippen molar-refractivity contribution in [3.05, 3.63) is 0 Å². The molecule has 8 heteroatoms. The van der Waals surface area contributed by atoms with Gasteiger partial charge in [0.15, 0.2) is 25.0 Å². The van der Waals surface area contributed by atoms with E-state index in [-0.39, 0.29) is 44.9 Å². The minimum atomic E-state index is -2.18. The number of hydrogen-bond donors (Lipinski definition) is 0. The smallest absolute Gasteiger partial charge is 0.192 e. The van der Waals surface area contributed by atoms with Gasteiger partial charge in [-0.05, 0) is 79.6 Å². The monoisotopic (exact) mass is 644 g/mol. The van der Waals surface area contributed by atoms with Crippen molar-refractivity contribution in [1.82, 2.24) is 0 Å². The van der Waals surface area contributed by atoms with Gasteiger partial charge in [-0.15, -0.1) is 0 Å². The highest BCUT2D eigenvalue weighted by atomic mass is 28.4. The minimum absolute atomic E-state index is 0.0252. The van der Waals surface area contributed by atoms with Crippen molar-refractivity contribution in [3.63, 3.8) is 0 Å². The standard InChI is InChI=1S/C34H72O5Si3/c1-26(22-20-21-24-35)29(39-42(18,19)33(9,10)11)27(2)30(36)34(12,13)28(38-41(16,17)32(6,7)8)23-25-37-40(14,15)31(3,4)5/h24,26-29H,20-23,25H2,1-19H3/t26-,27+,28-,29-/m0/s1. The van der Waals surface area contributed by atoms with Gasteiger partial charge in [-0.25, -0.2) is 0 Å². The summed E-state index contributed by atoms with van der Waals surface area (Å²) in [7, 11) is -6.27. The molecule has 0 radical (unpaired) electrons. The summed E-state index contributed by atoms with van der Waals surface area (Å²) in [6.07, 6.45) is 3.44. The maximum Gasteiger partial charge on any atom is 0.192 e. The molecule has 0 amide bonds. The molecule has 0 bridgehead atoms. The summed E-state index contributed by atoms with van der Waals surface area (Å²) in [4.78, 5) is 25.7. The molecule has 0 rings (SSSR count). The Morgan fingerprint density at radius 1 is 0.690 bits per heavy atom. The fourth-order valence-corrected chi connectivity index (χ4v) is 8.56. The van der Waals surface area contributed by atoms with E-state index in [1.54, 1.807) is 0 Å². The fraction of sp³-hybridized carbons (Fsp3) is 0.941. The molecule has 42 heavy (non-hydrogen) atoms. The number of aldehydes is 1. The molecule has 0 saturated carbocycles. The van der Waals surface area contributed by atoms with Gasteiger partial charge in [0.05, 0.1) is 12.2 Å². The van der Waals surface area contributed by atoms with E-state index in [1.807, 2.05) is 0 Å². The first-order chi connectivity index (χ1) is 18.5. The predicted octanol–water partition coefficient (Wildman–Crippen LogP) is 10.4. The van der Waals surface area contributed by atoms with Gasteiger partial charge in [0, 0.05) is 24.4 Å². The van der Waals surface area contributed by atoms with Crippen molar-refractivity contribution in [2.75, 3.05) is 6.61 Å². The molecule has 0 aliphatic rings. The van der Waals surface area contributed by atoms with Crippen molar-refractivity contribution >= 4 is 37.0 Å². The van der Waals surface area contributed by atoms with Crippen LogP contribution < -0.4 is 0 Å². The van der Waals surface area contributed by atoms with Gasteiger partial charge in [0.2, 0.25) is 0 Å². The topological polar surface area (TPSA) is 61.8 Å². The van der Waals surface area contributed by atoms with Crippen LogP contribution in [0.4, 0.5) is 0 Å². The Bertz CT molecular complexity index is 860. The van der Waals surface area contributed by atoms with Crippen LogP contribution >= 0.6 is 0 Å². The lowest BCUT2D eigenvalue weighted by Gasteiger charge is -2.47. The third kappa shape index (κ3) is 11.3. The van der Waals surface area contributed by atoms with E-state index in [4.69, 9.17) is 13.3 Å². The van der Waals surface area contributed by atoms with E-state index in [9.17, 15) is 9.59 Å². The zero-order valence-corrected chi connectivity index (χ0v) is 34.5. The number of unbranched alkanes of at least 4 members (excludes halogenated alkanes) is 1. The number of carbonyl (C=O) groups excluding carboxylic acids is 2. The van der Waals surface area contributed by atoms with Crippen LogP contribution in [0.1, 0.15) is 116 Å². The van der Waals surface area contributed by atoms with Gasteiger partial charge >= 0.3 is 0 Å². The minimum Gasteiger partial charge on any atom is -0.417 e. The van der Waals surface area contributed by atoms with Crippen molar-refractivity contribution in [2.24, 2.45) is 17.3 Å². The van der Waals surface area contributed by atoms with Gasteiger partial charge < -0.3 is 18.1 Å². The lowest BCUT2D eigenvalue weighted by Crippen LogP contribution is -2.54. The number of ketones is 1. The highest BCUT2D eigenvalue weighted by molar-refractivity contribution is 6.75. The molecule has 0 aromatic heterocycles. The van der Waals surface area contributed by atoms with Crippen LogP contribution in [-0.2, 0) is 22.9 Å². The number of Topliss-reactive ketones (excluding diaryl/α,β-unsaturated/α-hetero) is 1. The molecule has 0 heterocycles. The molecule has 4 atom stereocenters. The van der Waals surface area contributed by atoms with E-state index in [1.165, 1.54) is 0 Å². The highest BCUT2D eigenvalue weighted by Gasteiger charge is 2.49. The van der Waals surface area contributed by atoms with Crippen molar-refractivity contribution in [1.29, 1.82) is 0 Å². The van der Waals surface area contributed by atoms with E-state index in [0.29, 0.717) is 19.4 Å². The lowest BCUT2D eigenvalue weighted by molar-refractivity contribution is -0.141. The highest BCUT2D eigenvalue weighted by Crippen LogP contribution is 2.44. The van der Waals surface area contributed by atoms with Gasteiger partial charge in [-0.2, -0.15) is 0 Å². The first-order valence-corrected chi connectivity index (χ1v) is 25.2. The molecule has 0 aromatic carbocycles. The van der Waals surface area contributed by atoms with E-state index >= 15 is 0 Å². The largest absolute Gasteiger partial charge is 0.417 e. The summed E-state index contributed by atoms with van der Waals surface area (Å²) in [5, 5.41) is 0.176. The first-order valence-electron chi connectivity index (χ1n) is 16.4. The van der Waals surface area contributed by atoms with Gasteiger partial charge in [-0.1, -0.05) is 90.0 Å². The van der Waals surface area contributed by atoms with E-state index < -0.39 is 30.4 Å². The molecule has 0 unspecified atom stereocenters. The summed E-state index contributed by atoms with van der Waals surface area (Å²) in [5.74, 6) is 0.0622. The van der Waals surface area contributed by atoms with Gasteiger partial charge in [0.25, 0.3) is 0 Å². The Balaban J connectivity index is 6.49. The average Bonchev–Trinajstić information content (AvgIpc) is 2.78. The van der Waals surface area contributed by atoms with Crippen LogP contribution in [0.25, 0.3) is 0 Å². The van der Waals surface area contributed by atoms with Crippen LogP contribution in [0.5, 0.6) is 0 Å². The van der Waals surface area contributed by atoms with Gasteiger partial charge in [-0.3, -0.25) is 4.79 Å². The lowest BCUT2D eigenvalue weighted by atomic mass is 9.73. The van der Waals surface area contributed by atoms with Crippen molar-refractivity contribution in [3.8, 4) is 0 Å². The first kappa shape index (κ1) is 41.9. The Labute approximate surface area is 265 Å². The molecule has 5 nitrogen and oxygen atoms in total. The van der Waals surface area contributed by atoms with Crippen molar-refractivity contribution in [2.45, 2.75) is 182 Å². The quantitative estimate of drug-likeness (QED) is 0.0895. The van der Waals surface area contributed by atoms with E-state index in [2.05, 4.69) is 129 Å². The molecule has 0 aliphatic carbocycles. The Hall–Kier alpha value is -0.129. The molecule has 0 N–H and O–H groups in total. The van der Waals surface area contributed by atoms with Crippen LogP contribution in [0, 0.1) is 17.3 Å². The van der Waals surface area contributed by atoms with E-state index in [0.717, 1.165) is 19.1 Å². The van der Waals surface area contributed by atoms with Crippen molar-refractivity contribution < 1.29 is 22.9 Å². The Kier molecular flexibility index (Phi) is 14.9. The molecular formula is C34H72O5Si3. The third-order valence-corrected chi connectivity index (χ3v) is 24.5. The Morgan fingerprint density at radius 3 is 1.52 bits per heavy atom. The SMILES string of the molecule is C[C@@H](CCCC=O)[C@H](O[Si](C)(C)C(C)(C)C)[C@@H](C)C(=O)C(C)(C)[C@H](CCO[Si](C)(C)C(C)(C)C)O[Si](C)(C)C(C)(C)C. The number of rotatable bonds is 17. The summed E-state index contributed by atoms with van der Waals surface area (Å²) in [6.45, 7) is 42.9. The maximum absolute atomic E-state index is 14.7. The third-order valence-electron chi connectivity index (χ3n) is 11.0. The number of carbonyl (C=O) groups is 2. The zero-order valence-electron chi connectivity index (χ0n) is 31.5. The summed E-state index contributed by atoms with van der Waals surface area (Å²) in [6, 6.07) is 0. The molecule has 250 valence electrons. The summed E-state index contributed by atoms with van der Waals surface area (Å²) < 4.78 is 20.8. The molecular weight excluding hydrogens is 573 g/mol. The molecule has 0 saturated heterocycles. The normalized spacial score (nSPS) is 17.5. The second-order valence-corrected chi connectivity index (χ2v) is 32.4. The Morgan fingerprint density at radius 2 is 1.12 bits per heavy atom. The summed E-state index contributed by atoms with van der Waals surface area (Å²) >= 11 is 0. The summed E-state index contributed by atoms with van der Waals surface area (Å²) in [5.41, 5.74) is -0.719. The predicted molar refractivity (Wildman–Crippen MR) is 189 cm³/mol. The molecule has 0 spiro atoms. The number of hydrogen-bond acceptors (Lipinski definition) is 5. The van der Waals surface area contributed by atoms with Crippen LogP contribution in [-0.4, -0.2) is 55.8 Å². The molecule has 0 fully saturated rings. The molecule has 0 aliphatic heterocycles. The average molecular weight is 645 g/mol.